The summed E-state index contributed by atoms with van der Waals surface area (Å²) in [5.41, 5.74) is 0.809. The molecule has 2 N–H and O–H groups in total. The lowest BCUT2D eigenvalue weighted by Gasteiger charge is -2.44. The lowest BCUT2D eigenvalue weighted by molar-refractivity contribution is -0.141. The van der Waals surface area contributed by atoms with Gasteiger partial charge >= 0.3 is 12.2 Å². The van der Waals surface area contributed by atoms with E-state index in [2.05, 4.69) is 25.4 Å². The van der Waals surface area contributed by atoms with Crippen LogP contribution in [0.1, 0.15) is 87.9 Å². The molecule has 302 valence electrons. The Morgan fingerprint density at radius 3 is 2.34 bits per heavy atom. The van der Waals surface area contributed by atoms with Crippen LogP contribution in [0, 0.1) is 5.92 Å². The van der Waals surface area contributed by atoms with Crippen molar-refractivity contribution in [2.45, 2.75) is 69.2 Å². The van der Waals surface area contributed by atoms with Crippen molar-refractivity contribution < 1.29 is 41.9 Å². The molecular formula is C40H40F3N9O6. The van der Waals surface area contributed by atoms with Crippen LogP contribution in [-0.4, -0.2) is 105 Å². The van der Waals surface area contributed by atoms with Gasteiger partial charge in [-0.25, -0.2) is 14.8 Å². The molecule has 2 aromatic carbocycles. The minimum atomic E-state index is -4.68. The van der Waals surface area contributed by atoms with E-state index in [1.807, 2.05) is 16.9 Å². The van der Waals surface area contributed by atoms with Gasteiger partial charge in [0.2, 0.25) is 5.91 Å². The number of rotatable bonds is 8. The molecule has 2 bridgehead atoms. The van der Waals surface area contributed by atoms with Crippen LogP contribution in [0.4, 0.5) is 29.3 Å². The standard InChI is InChI=1S/C40H40F3N9O6/c1-58-33-17-31-23(15-32(33)45-36(54)30-3-2-4-34(44-30)40(41,42)43)19-50(47-31)24-7-5-22(6-8-24)18-49-26-9-10-27(49)21-48(20-26)25-11-12-28-29(16-25)38(56)52(37(28)55)51-14-13-35(53)46-39(51)57/h2-4,11-12,15-17,19,22,24,26-27H,5-10,13-14,18,20-21H2,1H3,(H,45,54)(H,46,53,57)/t22?,24?,26-,27?/m1/s1. The van der Waals surface area contributed by atoms with Gasteiger partial charge in [-0.3, -0.25) is 34.1 Å². The highest BCUT2D eigenvalue weighted by atomic mass is 19.4. The molecule has 1 unspecified atom stereocenters. The monoisotopic (exact) mass is 799 g/mol. The van der Waals surface area contributed by atoms with Gasteiger partial charge in [-0.05, 0) is 80.8 Å². The molecule has 1 aliphatic carbocycles. The van der Waals surface area contributed by atoms with E-state index in [4.69, 9.17) is 9.84 Å². The van der Waals surface area contributed by atoms with E-state index in [1.54, 1.807) is 24.3 Å². The Morgan fingerprint density at radius 1 is 0.914 bits per heavy atom. The number of ether oxygens (including phenoxy) is 1. The Bertz CT molecular complexity index is 2350. The number of benzene rings is 2. The van der Waals surface area contributed by atoms with E-state index >= 15 is 0 Å². The number of hydrogen-bond acceptors (Lipinski definition) is 10. The summed E-state index contributed by atoms with van der Waals surface area (Å²) in [6.45, 7) is 2.56. The van der Waals surface area contributed by atoms with Crippen molar-refractivity contribution in [3.63, 3.8) is 0 Å². The molecule has 6 amide bonds. The molecule has 5 aliphatic rings. The van der Waals surface area contributed by atoms with Crippen molar-refractivity contribution in [3.8, 4) is 5.75 Å². The van der Waals surface area contributed by atoms with E-state index in [0.717, 1.165) is 91.4 Å². The predicted octanol–water partition coefficient (Wildman–Crippen LogP) is 5.25. The summed E-state index contributed by atoms with van der Waals surface area (Å²) in [5, 5.41) is 12.2. The summed E-state index contributed by atoms with van der Waals surface area (Å²) in [6, 6.07) is 12.0. The van der Waals surface area contributed by atoms with Gasteiger partial charge < -0.3 is 15.0 Å². The summed E-state index contributed by atoms with van der Waals surface area (Å²) in [6.07, 6.45) is 3.39. The SMILES string of the molecule is COc1cc2nn(C3CCC(CN4C5CC[C@@H]4CN(c4ccc6c(c4)C(=O)N(N4CCC(=O)NC4=O)C6=O)C5)CC3)cc2cc1NC(=O)c1cccc(C(F)(F)F)n1. The fourth-order valence-corrected chi connectivity index (χ4v) is 9.20. The Labute approximate surface area is 330 Å². The number of hydrogen-bond donors (Lipinski definition) is 2. The number of pyridine rings is 1. The predicted molar refractivity (Wildman–Crippen MR) is 202 cm³/mol. The highest BCUT2D eigenvalue weighted by Gasteiger charge is 2.45. The summed E-state index contributed by atoms with van der Waals surface area (Å²) < 4.78 is 47.0. The molecule has 9 rings (SSSR count). The Kier molecular flexibility index (Phi) is 9.32. The van der Waals surface area contributed by atoms with Crippen LogP contribution in [0.3, 0.4) is 0 Å². The Balaban J connectivity index is 0.812. The van der Waals surface area contributed by atoms with Gasteiger partial charge in [0.05, 0.1) is 42.0 Å². The second kappa shape index (κ2) is 14.4. The third-order valence-corrected chi connectivity index (χ3v) is 12.1. The van der Waals surface area contributed by atoms with Crippen LogP contribution in [0.5, 0.6) is 5.75 Å². The summed E-state index contributed by atoms with van der Waals surface area (Å²) in [4.78, 5) is 72.0. The quantitative estimate of drug-likeness (QED) is 0.225. The first-order chi connectivity index (χ1) is 27.8. The topological polar surface area (TPSA) is 162 Å². The molecule has 2 aromatic heterocycles. The summed E-state index contributed by atoms with van der Waals surface area (Å²) in [5.74, 6) is -1.54. The lowest BCUT2D eigenvalue weighted by atomic mass is 9.85. The molecule has 4 aliphatic heterocycles. The minimum absolute atomic E-state index is 0.000306. The van der Waals surface area contributed by atoms with Gasteiger partial charge in [-0.15, -0.1) is 0 Å². The van der Waals surface area contributed by atoms with Gasteiger partial charge in [0.1, 0.15) is 17.1 Å². The maximum Gasteiger partial charge on any atom is 0.433 e. The molecule has 4 aromatic rings. The second-order valence-electron chi connectivity index (χ2n) is 15.6. The van der Waals surface area contributed by atoms with Crippen molar-refractivity contribution in [1.29, 1.82) is 0 Å². The largest absolute Gasteiger partial charge is 0.494 e. The molecular weight excluding hydrogens is 759 g/mol. The Morgan fingerprint density at radius 2 is 1.64 bits per heavy atom. The second-order valence-corrected chi connectivity index (χ2v) is 15.6. The number of aromatic nitrogens is 3. The van der Waals surface area contributed by atoms with Crippen LogP contribution < -0.4 is 20.3 Å². The zero-order valence-electron chi connectivity index (χ0n) is 31.5. The van der Waals surface area contributed by atoms with Crippen LogP contribution >= 0.6 is 0 Å². The zero-order valence-corrected chi connectivity index (χ0v) is 31.5. The zero-order chi connectivity index (χ0) is 40.5. The smallest absolute Gasteiger partial charge is 0.433 e. The molecule has 1 saturated carbocycles. The number of hydrazine groups is 1. The summed E-state index contributed by atoms with van der Waals surface area (Å²) in [7, 11) is 1.45. The number of amides is 6. The normalized spacial score (nSPS) is 23.8. The number of halogens is 3. The maximum atomic E-state index is 13.4. The number of nitrogens with one attached hydrogen (secondary N) is 2. The third kappa shape index (κ3) is 6.77. The van der Waals surface area contributed by atoms with Gasteiger partial charge in [0.25, 0.3) is 17.7 Å². The van der Waals surface area contributed by atoms with Crippen molar-refractivity contribution >= 4 is 51.9 Å². The number of imide groups is 2. The molecule has 0 radical (unpaired) electrons. The van der Waals surface area contributed by atoms with Crippen LogP contribution in [-0.2, 0) is 11.0 Å². The molecule has 58 heavy (non-hydrogen) atoms. The van der Waals surface area contributed by atoms with E-state index in [0.29, 0.717) is 35.0 Å². The number of anilines is 2. The number of carbonyl (C=O) groups is 5. The van der Waals surface area contributed by atoms with Crippen molar-refractivity contribution in [3.05, 3.63) is 77.2 Å². The van der Waals surface area contributed by atoms with Gasteiger partial charge in [-0.1, -0.05) is 6.07 Å². The minimum Gasteiger partial charge on any atom is -0.494 e. The first-order valence-corrected chi connectivity index (χ1v) is 19.4. The van der Waals surface area contributed by atoms with Crippen LogP contribution in [0.15, 0.2) is 54.7 Å². The average Bonchev–Trinajstić information content (AvgIpc) is 3.80. The van der Waals surface area contributed by atoms with Gasteiger partial charge in [0.15, 0.2) is 0 Å². The highest BCUT2D eigenvalue weighted by molar-refractivity contribution is 6.22. The van der Waals surface area contributed by atoms with E-state index in [-0.39, 0.29) is 35.8 Å². The average molecular weight is 800 g/mol. The molecule has 0 spiro atoms. The van der Waals surface area contributed by atoms with E-state index < -0.39 is 41.5 Å². The number of alkyl halides is 3. The fraction of sp³-hybridized carbons (Fsp3) is 0.425. The van der Waals surface area contributed by atoms with Crippen LogP contribution in [0.2, 0.25) is 0 Å². The van der Waals surface area contributed by atoms with Gasteiger partial charge in [-0.2, -0.15) is 23.3 Å². The molecule has 2 atom stereocenters. The molecule has 3 saturated heterocycles. The first kappa shape index (κ1) is 37.5. The number of methoxy groups -OCH3 is 1. The Hall–Kier alpha value is -6.04. The van der Waals surface area contributed by atoms with Gasteiger partial charge in [0, 0.05) is 61.5 Å². The lowest BCUT2D eigenvalue weighted by Crippen LogP contribution is -2.58. The third-order valence-electron chi connectivity index (χ3n) is 12.1. The molecule has 4 fully saturated rings. The molecule has 18 heteroatoms. The molecule has 6 heterocycles. The van der Waals surface area contributed by atoms with E-state index in [1.165, 1.54) is 13.2 Å². The first-order valence-electron chi connectivity index (χ1n) is 19.4. The van der Waals surface area contributed by atoms with E-state index in [9.17, 15) is 37.1 Å². The van der Waals surface area contributed by atoms with Crippen molar-refractivity contribution in [1.82, 2.24) is 35.0 Å². The van der Waals surface area contributed by atoms with Crippen molar-refractivity contribution in [2.75, 3.05) is 43.5 Å². The number of nitrogens with zero attached hydrogens (tertiary/aromatic N) is 7. The summed E-state index contributed by atoms with van der Waals surface area (Å²) >= 11 is 0. The number of carbonyl (C=O) groups excluding carboxylic acids is 5. The molecule has 15 nitrogen and oxygen atoms in total. The fourth-order valence-electron chi connectivity index (χ4n) is 9.20. The van der Waals surface area contributed by atoms with Crippen LogP contribution in [0.25, 0.3) is 10.9 Å². The highest BCUT2D eigenvalue weighted by Crippen LogP contribution is 2.40. The van der Waals surface area contributed by atoms with Crippen molar-refractivity contribution in [2.24, 2.45) is 5.92 Å². The maximum absolute atomic E-state index is 13.4. The number of piperazine rings is 1. The number of fused-ring (bicyclic) bond motifs is 4. The number of urea groups is 1.